The molecule has 3 rings (SSSR count). The first-order chi connectivity index (χ1) is 11.6. The van der Waals surface area contributed by atoms with Crippen LogP contribution in [-0.4, -0.2) is 47.8 Å². The Balaban J connectivity index is 1.39. The van der Waals surface area contributed by atoms with E-state index in [1.165, 1.54) is 51.4 Å². The van der Waals surface area contributed by atoms with Gasteiger partial charge in [0.2, 0.25) is 11.8 Å². The van der Waals surface area contributed by atoms with Crippen molar-refractivity contribution in [3.63, 3.8) is 0 Å². The van der Waals surface area contributed by atoms with Crippen LogP contribution in [0.15, 0.2) is 0 Å². The van der Waals surface area contributed by atoms with E-state index in [0.29, 0.717) is 5.91 Å². The average molecular weight is 335 g/mol. The molecule has 2 aliphatic heterocycles. The van der Waals surface area contributed by atoms with Crippen LogP contribution in [0.3, 0.4) is 0 Å². The molecule has 1 saturated carbocycles. The lowest BCUT2D eigenvalue weighted by Crippen LogP contribution is -2.46. The van der Waals surface area contributed by atoms with Gasteiger partial charge >= 0.3 is 0 Å². The van der Waals surface area contributed by atoms with Gasteiger partial charge < -0.3 is 9.80 Å². The Morgan fingerprint density at radius 1 is 0.750 bits per heavy atom. The minimum Gasteiger partial charge on any atom is -0.343 e. The standard InChI is InChI=1S/C20H34N2O2/c1-16(23)21-13-9-19(10-14-21)20(24)22-11-7-18(8-12-22)15-17-5-3-2-4-6-17/h17-19H,2-15H2,1H3. The maximum absolute atomic E-state index is 12.7. The molecule has 0 radical (unpaired) electrons. The number of hydrogen-bond donors (Lipinski definition) is 0. The van der Waals surface area contributed by atoms with Crippen molar-refractivity contribution >= 4 is 11.8 Å². The van der Waals surface area contributed by atoms with Crippen molar-refractivity contribution in [1.29, 1.82) is 0 Å². The molecular weight excluding hydrogens is 300 g/mol. The summed E-state index contributed by atoms with van der Waals surface area (Å²) in [6, 6.07) is 0. The van der Waals surface area contributed by atoms with E-state index in [1.807, 2.05) is 4.90 Å². The Kier molecular flexibility index (Phi) is 6.18. The predicted octanol–water partition coefficient (Wildman–Crippen LogP) is 3.45. The molecule has 0 N–H and O–H groups in total. The molecule has 0 aromatic heterocycles. The number of piperidine rings is 2. The molecule has 3 fully saturated rings. The SMILES string of the molecule is CC(=O)N1CCC(C(=O)N2CCC(CC3CCCCC3)CC2)CC1. The van der Waals surface area contributed by atoms with Gasteiger partial charge in [-0.05, 0) is 43.9 Å². The third-order valence-electron chi connectivity index (χ3n) is 6.61. The number of likely N-dealkylation sites (tertiary alicyclic amines) is 2. The van der Waals surface area contributed by atoms with Gasteiger partial charge in [0, 0.05) is 39.0 Å². The van der Waals surface area contributed by atoms with Crippen molar-refractivity contribution in [2.75, 3.05) is 26.2 Å². The molecule has 2 heterocycles. The molecule has 1 aliphatic carbocycles. The summed E-state index contributed by atoms with van der Waals surface area (Å²) in [5.41, 5.74) is 0. The molecule has 4 nitrogen and oxygen atoms in total. The Morgan fingerprint density at radius 2 is 1.29 bits per heavy atom. The van der Waals surface area contributed by atoms with Crippen LogP contribution in [0, 0.1) is 17.8 Å². The smallest absolute Gasteiger partial charge is 0.225 e. The Morgan fingerprint density at radius 3 is 1.88 bits per heavy atom. The molecular formula is C20H34N2O2. The Hall–Kier alpha value is -1.06. The van der Waals surface area contributed by atoms with Crippen LogP contribution in [0.5, 0.6) is 0 Å². The zero-order valence-electron chi connectivity index (χ0n) is 15.3. The van der Waals surface area contributed by atoms with Crippen LogP contribution in [-0.2, 0) is 9.59 Å². The summed E-state index contributed by atoms with van der Waals surface area (Å²) in [4.78, 5) is 28.1. The number of carbonyl (C=O) groups excluding carboxylic acids is 2. The van der Waals surface area contributed by atoms with Gasteiger partial charge in [-0.25, -0.2) is 0 Å². The number of nitrogens with zero attached hydrogens (tertiary/aromatic N) is 2. The van der Waals surface area contributed by atoms with Crippen LogP contribution >= 0.6 is 0 Å². The highest BCUT2D eigenvalue weighted by molar-refractivity contribution is 5.79. The number of hydrogen-bond acceptors (Lipinski definition) is 2. The fraction of sp³-hybridized carbons (Fsp3) is 0.900. The molecule has 0 unspecified atom stereocenters. The first-order valence-corrected chi connectivity index (χ1v) is 10.2. The van der Waals surface area contributed by atoms with Crippen molar-refractivity contribution in [3.05, 3.63) is 0 Å². The highest BCUT2D eigenvalue weighted by Gasteiger charge is 2.32. The summed E-state index contributed by atoms with van der Waals surface area (Å²) < 4.78 is 0. The molecule has 0 aromatic rings. The zero-order valence-corrected chi connectivity index (χ0v) is 15.3. The minimum atomic E-state index is 0.143. The molecule has 0 bridgehead atoms. The van der Waals surface area contributed by atoms with Gasteiger partial charge in [-0.2, -0.15) is 0 Å². The van der Waals surface area contributed by atoms with Crippen molar-refractivity contribution < 1.29 is 9.59 Å². The molecule has 2 amide bonds. The maximum atomic E-state index is 12.7. The Bertz CT molecular complexity index is 429. The van der Waals surface area contributed by atoms with Gasteiger partial charge in [-0.1, -0.05) is 32.1 Å². The molecule has 0 aromatic carbocycles. The highest BCUT2D eigenvalue weighted by Crippen LogP contribution is 2.33. The van der Waals surface area contributed by atoms with Crippen LogP contribution in [0.4, 0.5) is 0 Å². The maximum Gasteiger partial charge on any atom is 0.225 e. The first kappa shape index (κ1) is 17.8. The summed E-state index contributed by atoms with van der Waals surface area (Å²) >= 11 is 0. The highest BCUT2D eigenvalue weighted by atomic mass is 16.2. The molecule has 24 heavy (non-hydrogen) atoms. The van der Waals surface area contributed by atoms with E-state index in [9.17, 15) is 9.59 Å². The van der Waals surface area contributed by atoms with Crippen LogP contribution in [0.2, 0.25) is 0 Å². The second-order valence-corrected chi connectivity index (χ2v) is 8.29. The Labute approximate surface area is 146 Å². The zero-order chi connectivity index (χ0) is 16.9. The summed E-state index contributed by atoms with van der Waals surface area (Å²) in [7, 11) is 0. The van der Waals surface area contributed by atoms with E-state index in [2.05, 4.69) is 4.90 Å². The van der Waals surface area contributed by atoms with Gasteiger partial charge in [0.05, 0.1) is 0 Å². The molecule has 3 aliphatic rings. The van der Waals surface area contributed by atoms with E-state index in [-0.39, 0.29) is 11.8 Å². The normalized spacial score (nSPS) is 25.0. The number of amides is 2. The van der Waals surface area contributed by atoms with E-state index in [0.717, 1.165) is 50.9 Å². The number of rotatable bonds is 3. The summed E-state index contributed by atoms with van der Waals surface area (Å²) in [5, 5.41) is 0. The summed E-state index contributed by atoms with van der Waals surface area (Å²) in [6.45, 7) is 5.05. The lowest BCUT2D eigenvalue weighted by atomic mass is 9.79. The van der Waals surface area contributed by atoms with Gasteiger partial charge in [-0.15, -0.1) is 0 Å². The third kappa shape index (κ3) is 4.52. The fourth-order valence-electron chi connectivity index (χ4n) is 4.98. The van der Waals surface area contributed by atoms with E-state index >= 15 is 0 Å². The van der Waals surface area contributed by atoms with Gasteiger partial charge in [0.25, 0.3) is 0 Å². The van der Waals surface area contributed by atoms with Crippen LogP contribution in [0.25, 0.3) is 0 Å². The fourth-order valence-corrected chi connectivity index (χ4v) is 4.98. The first-order valence-electron chi connectivity index (χ1n) is 10.2. The van der Waals surface area contributed by atoms with E-state index in [1.54, 1.807) is 6.92 Å². The molecule has 2 saturated heterocycles. The van der Waals surface area contributed by atoms with Crippen molar-refractivity contribution in [3.8, 4) is 0 Å². The van der Waals surface area contributed by atoms with Gasteiger partial charge in [-0.3, -0.25) is 9.59 Å². The van der Waals surface area contributed by atoms with Gasteiger partial charge in [0.1, 0.15) is 0 Å². The van der Waals surface area contributed by atoms with Crippen molar-refractivity contribution in [2.24, 2.45) is 17.8 Å². The summed E-state index contributed by atoms with van der Waals surface area (Å²) in [6.07, 6.45) is 12.7. The molecule has 136 valence electrons. The minimum absolute atomic E-state index is 0.143. The lowest BCUT2D eigenvalue weighted by molar-refractivity contribution is -0.141. The quantitative estimate of drug-likeness (QED) is 0.793. The third-order valence-corrected chi connectivity index (χ3v) is 6.61. The van der Waals surface area contributed by atoms with Gasteiger partial charge in [0.15, 0.2) is 0 Å². The van der Waals surface area contributed by atoms with Crippen molar-refractivity contribution in [1.82, 2.24) is 9.80 Å². The predicted molar refractivity (Wildman–Crippen MR) is 95.5 cm³/mol. The largest absolute Gasteiger partial charge is 0.343 e. The van der Waals surface area contributed by atoms with Crippen LogP contribution in [0.1, 0.15) is 71.1 Å². The number of carbonyl (C=O) groups is 2. The lowest BCUT2D eigenvalue weighted by Gasteiger charge is -2.38. The monoisotopic (exact) mass is 334 g/mol. The molecule has 0 spiro atoms. The second kappa shape index (κ2) is 8.35. The molecule has 4 heteroatoms. The van der Waals surface area contributed by atoms with Crippen LogP contribution < -0.4 is 0 Å². The summed E-state index contributed by atoms with van der Waals surface area (Å²) in [5.74, 6) is 2.45. The van der Waals surface area contributed by atoms with E-state index < -0.39 is 0 Å². The van der Waals surface area contributed by atoms with E-state index in [4.69, 9.17) is 0 Å². The topological polar surface area (TPSA) is 40.6 Å². The molecule has 0 atom stereocenters. The van der Waals surface area contributed by atoms with Crippen molar-refractivity contribution in [2.45, 2.75) is 71.1 Å². The second-order valence-electron chi connectivity index (χ2n) is 8.29. The average Bonchev–Trinajstić information content (AvgIpc) is 2.63.